The fraction of sp³-hybridized carbons (Fsp3) is 0.429. The number of imide groups is 1. The lowest BCUT2D eigenvalue weighted by molar-refractivity contribution is -0.140. The van der Waals surface area contributed by atoms with Crippen molar-refractivity contribution in [2.75, 3.05) is 13.6 Å². The third-order valence-corrected chi connectivity index (χ3v) is 4.54. The van der Waals surface area contributed by atoms with Crippen LogP contribution < -0.4 is 0 Å². The number of carbonyl (C=O) groups excluding carboxylic acids is 2. The van der Waals surface area contributed by atoms with Crippen LogP contribution in [0.1, 0.15) is 20.3 Å². The highest BCUT2D eigenvalue weighted by molar-refractivity contribution is 7.97. The van der Waals surface area contributed by atoms with E-state index in [2.05, 4.69) is 0 Å². The summed E-state index contributed by atoms with van der Waals surface area (Å²) in [5, 5.41) is 0. The zero-order valence-electron chi connectivity index (χ0n) is 11.4. The summed E-state index contributed by atoms with van der Waals surface area (Å²) in [7, 11) is 1.55. The smallest absolute Gasteiger partial charge is 0.274 e. The average molecular weight is 278 g/mol. The highest BCUT2D eigenvalue weighted by Crippen LogP contribution is 2.35. The molecule has 2 rings (SSSR count). The molecule has 0 aliphatic carbocycles. The van der Waals surface area contributed by atoms with E-state index < -0.39 is 5.41 Å². The van der Waals surface area contributed by atoms with Gasteiger partial charge < -0.3 is 0 Å². The second kappa shape index (κ2) is 5.25. The van der Waals surface area contributed by atoms with Gasteiger partial charge in [0.05, 0.1) is 5.41 Å². The number of urea groups is 1. The number of hydrogen-bond donors (Lipinski definition) is 0. The zero-order valence-corrected chi connectivity index (χ0v) is 12.2. The molecule has 1 unspecified atom stereocenters. The Morgan fingerprint density at radius 1 is 1.26 bits per heavy atom. The van der Waals surface area contributed by atoms with Gasteiger partial charge in [-0.1, -0.05) is 25.1 Å². The van der Waals surface area contributed by atoms with E-state index in [1.54, 1.807) is 11.4 Å². The van der Waals surface area contributed by atoms with Crippen LogP contribution in [0.25, 0.3) is 0 Å². The summed E-state index contributed by atoms with van der Waals surface area (Å²) in [6.07, 6.45) is 0.718. The Balaban J connectivity index is 2.21. The molecule has 1 aromatic rings. The number of rotatable bonds is 3. The SMILES string of the molecule is CCC1(C)CN(Sc2ccccc2)C(=O)N(C)C1=O. The predicted octanol–water partition coefficient (Wildman–Crippen LogP) is 3.00. The quantitative estimate of drug-likeness (QED) is 0.798. The van der Waals surface area contributed by atoms with Crippen LogP contribution in [0.2, 0.25) is 0 Å². The molecule has 1 atom stereocenters. The number of benzene rings is 1. The Bertz CT molecular complexity index is 491. The second-order valence-electron chi connectivity index (χ2n) is 5.00. The second-order valence-corrected chi connectivity index (χ2v) is 6.10. The standard InChI is InChI=1S/C14H18N2O2S/c1-4-14(2)10-16(13(18)15(3)12(14)17)19-11-8-6-5-7-9-11/h5-9H,4,10H2,1-3H3. The van der Waals surface area contributed by atoms with Gasteiger partial charge in [0.15, 0.2) is 0 Å². The number of amides is 3. The summed E-state index contributed by atoms with van der Waals surface area (Å²) >= 11 is 1.39. The molecule has 0 saturated carbocycles. The van der Waals surface area contributed by atoms with E-state index >= 15 is 0 Å². The van der Waals surface area contributed by atoms with Crippen molar-refractivity contribution >= 4 is 23.9 Å². The molecule has 0 bridgehead atoms. The monoisotopic (exact) mass is 278 g/mol. The molecule has 3 amide bonds. The van der Waals surface area contributed by atoms with E-state index in [4.69, 9.17) is 0 Å². The lowest BCUT2D eigenvalue weighted by Crippen LogP contribution is -2.57. The maximum atomic E-state index is 12.2. The van der Waals surface area contributed by atoms with Crippen molar-refractivity contribution in [3.63, 3.8) is 0 Å². The van der Waals surface area contributed by atoms with Crippen molar-refractivity contribution in [2.24, 2.45) is 5.41 Å². The van der Waals surface area contributed by atoms with E-state index in [9.17, 15) is 9.59 Å². The van der Waals surface area contributed by atoms with Crippen LogP contribution in [0.15, 0.2) is 35.2 Å². The molecule has 0 N–H and O–H groups in total. The molecular weight excluding hydrogens is 260 g/mol. The van der Waals surface area contributed by atoms with Gasteiger partial charge in [-0.25, -0.2) is 4.79 Å². The van der Waals surface area contributed by atoms with E-state index in [-0.39, 0.29) is 11.9 Å². The van der Waals surface area contributed by atoms with Gasteiger partial charge in [-0.3, -0.25) is 14.0 Å². The molecule has 1 aliphatic heterocycles. The molecule has 1 heterocycles. The van der Waals surface area contributed by atoms with Crippen LogP contribution in [0, 0.1) is 5.41 Å². The van der Waals surface area contributed by atoms with E-state index in [1.807, 2.05) is 44.2 Å². The number of carbonyl (C=O) groups is 2. The summed E-state index contributed by atoms with van der Waals surface area (Å²) in [6.45, 7) is 4.34. The largest absolute Gasteiger partial charge is 0.336 e. The molecule has 0 spiro atoms. The van der Waals surface area contributed by atoms with Crippen molar-refractivity contribution in [1.29, 1.82) is 0 Å². The minimum absolute atomic E-state index is 0.0927. The van der Waals surface area contributed by atoms with Crippen molar-refractivity contribution in [3.05, 3.63) is 30.3 Å². The third kappa shape index (κ3) is 2.61. The van der Waals surface area contributed by atoms with Crippen LogP contribution in [-0.4, -0.2) is 34.7 Å². The summed E-state index contributed by atoms with van der Waals surface area (Å²) in [5.74, 6) is -0.0927. The highest BCUT2D eigenvalue weighted by atomic mass is 32.2. The van der Waals surface area contributed by atoms with Gasteiger partial charge in [-0.05, 0) is 37.4 Å². The van der Waals surface area contributed by atoms with Crippen molar-refractivity contribution in [3.8, 4) is 0 Å². The summed E-state index contributed by atoms with van der Waals surface area (Å²) in [6, 6.07) is 9.48. The first-order valence-corrected chi connectivity index (χ1v) is 7.08. The fourth-order valence-corrected chi connectivity index (χ4v) is 3.14. The van der Waals surface area contributed by atoms with E-state index in [1.165, 1.54) is 16.8 Å². The van der Waals surface area contributed by atoms with Gasteiger partial charge in [0, 0.05) is 18.5 Å². The topological polar surface area (TPSA) is 40.6 Å². The highest BCUT2D eigenvalue weighted by Gasteiger charge is 2.45. The molecule has 4 nitrogen and oxygen atoms in total. The van der Waals surface area contributed by atoms with Crippen LogP contribution >= 0.6 is 11.9 Å². The normalized spacial score (nSPS) is 23.9. The Hall–Kier alpha value is -1.49. The Morgan fingerprint density at radius 2 is 1.89 bits per heavy atom. The first-order chi connectivity index (χ1) is 8.98. The molecule has 1 aromatic carbocycles. The maximum Gasteiger partial charge on any atom is 0.336 e. The number of nitrogens with zero attached hydrogens (tertiary/aromatic N) is 2. The Kier molecular flexibility index (Phi) is 3.85. The minimum Gasteiger partial charge on any atom is -0.274 e. The summed E-state index contributed by atoms with van der Waals surface area (Å²) < 4.78 is 1.67. The first-order valence-electron chi connectivity index (χ1n) is 6.30. The Labute approximate surface area is 117 Å². The van der Waals surface area contributed by atoms with E-state index in [0.717, 1.165) is 11.3 Å². The van der Waals surface area contributed by atoms with E-state index in [0.29, 0.717) is 6.54 Å². The average Bonchev–Trinajstić information content (AvgIpc) is 2.43. The van der Waals surface area contributed by atoms with Crippen molar-refractivity contribution < 1.29 is 9.59 Å². The fourth-order valence-electron chi connectivity index (χ4n) is 2.05. The zero-order chi connectivity index (χ0) is 14.0. The molecule has 19 heavy (non-hydrogen) atoms. The number of hydrogen-bond acceptors (Lipinski definition) is 3. The van der Waals surface area contributed by atoms with Gasteiger partial charge in [0.2, 0.25) is 5.91 Å². The van der Waals surface area contributed by atoms with Crippen LogP contribution in [-0.2, 0) is 4.79 Å². The summed E-state index contributed by atoms with van der Waals surface area (Å²) in [4.78, 5) is 26.5. The lowest BCUT2D eigenvalue weighted by atomic mass is 9.84. The maximum absolute atomic E-state index is 12.2. The van der Waals surface area contributed by atoms with Crippen LogP contribution in [0.3, 0.4) is 0 Å². The minimum atomic E-state index is -0.496. The van der Waals surface area contributed by atoms with Gasteiger partial charge in [-0.15, -0.1) is 0 Å². The molecule has 1 fully saturated rings. The molecular formula is C14H18N2O2S. The first kappa shape index (κ1) is 13.9. The predicted molar refractivity (Wildman–Crippen MR) is 75.6 cm³/mol. The molecule has 102 valence electrons. The molecule has 0 aromatic heterocycles. The molecule has 1 saturated heterocycles. The molecule has 1 aliphatic rings. The van der Waals surface area contributed by atoms with Gasteiger partial charge in [-0.2, -0.15) is 0 Å². The lowest BCUT2D eigenvalue weighted by Gasteiger charge is -2.41. The van der Waals surface area contributed by atoms with Crippen molar-refractivity contribution in [2.45, 2.75) is 25.2 Å². The third-order valence-electron chi connectivity index (χ3n) is 3.55. The van der Waals surface area contributed by atoms with Gasteiger partial charge in [0.25, 0.3) is 0 Å². The Morgan fingerprint density at radius 3 is 2.47 bits per heavy atom. The van der Waals surface area contributed by atoms with Gasteiger partial charge >= 0.3 is 6.03 Å². The molecule has 0 radical (unpaired) electrons. The summed E-state index contributed by atoms with van der Waals surface area (Å²) in [5.41, 5.74) is -0.496. The van der Waals surface area contributed by atoms with Crippen LogP contribution in [0.4, 0.5) is 4.79 Å². The molecule has 5 heteroatoms. The van der Waals surface area contributed by atoms with Gasteiger partial charge in [0.1, 0.15) is 0 Å². The van der Waals surface area contributed by atoms with Crippen molar-refractivity contribution in [1.82, 2.24) is 9.21 Å². The van der Waals surface area contributed by atoms with Crippen LogP contribution in [0.5, 0.6) is 0 Å².